The quantitative estimate of drug-likeness (QED) is 0.705. The highest BCUT2D eigenvalue weighted by Gasteiger charge is 2.12. The van der Waals surface area contributed by atoms with Gasteiger partial charge in [0.15, 0.2) is 0 Å². The minimum Gasteiger partial charge on any atom is -0.421 e. The highest BCUT2D eigenvalue weighted by atomic mass is 16.4. The van der Waals surface area contributed by atoms with Gasteiger partial charge in [-0.25, -0.2) is 0 Å². The van der Waals surface area contributed by atoms with Crippen molar-refractivity contribution in [2.24, 2.45) is 0 Å². The molecule has 1 aromatic carbocycles. The van der Waals surface area contributed by atoms with E-state index in [1.807, 2.05) is 24.3 Å². The van der Waals surface area contributed by atoms with Gasteiger partial charge in [-0.05, 0) is 55.7 Å². The molecule has 2 aromatic heterocycles. The van der Waals surface area contributed by atoms with Gasteiger partial charge < -0.3 is 14.6 Å². The first kappa shape index (κ1) is 18.2. The zero-order chi connectivity index (χ0) is 19.2. The third kappa shape index (κ3) is 4.54. The summed E-state index contributed by atoms with van der Waals surface area (Å²) in [5.74, 6) is 0.776. The van der Waals surface area contributed by atoms with Crippen molar-refractivity contribution in [1.29, 1.82) is 0 Å². The van der Waals surface area contributed by atoms with Crippen molar-refractivity contribution in [3.63, 3.8) is 0 Å². The number of hydrogen-bond acceptors (Lipinski definition) is 6. The average Bonchev–Trinajstić information content (AvgIpc) is 3.23. The number of hydrogen-bond donors (Lipinski definition) is 1. The summed E-state index contributed by atoms with van der Waals surface area (Å²) in [6.07, 6.45) is 7.83. The molecule has 0 radical (unpaired) electrons. The van der Waals surface area contributed by atoms with Gasteiger partial charge in [0.1, 0.15) is 0 Å². The predicted octanol–water partition coefficient (Wildman–Crippen LogP) is 3.69. The van der Waals surface area contributed by atoms with Crippen LogP contribution in [0.5, 0.6) is 0 Å². The van der Waals surface area contributed by atoms with E-state index in [2.05, 4.69) is 37.5 Å². The summed E-state index contributed by atoms with van der Waals surface area (Å²) >= 11 is 0. The molecule has 7 nitrogen and oxygen atoms in total. The second-order valence-electron chi connectivity index (χ2n) is 6.89. The van der Waals surface area contributed by atoms with Gasteiger partial charge in [-0.1, -0.05) is 0 Å². The van der Waals surface area contributed by atoms with Crippen LogP contribution in [-0.2, 0) is 11.2 Å². The summed E-state index contributed by atoms with van der Waals surface area (Å²) in [7, 11) is 0. The van der Waals surface area contributed by atoms with Crippen LogP contribution in [0.15, 0.2) is 53.2 Å². The molecule has 4 rings (SSSR count). The maximum absolute atomic E-state index is 12.2. The summed E-state index contributed by atoms with van der Waals surface area (Å²) < 4.78 is 5.61. The summed E-state index contributed by atoms with van der Waals surface area (Å²) in [4.78, 5) is 18.7. The minimum atomic E-state index is -0.0770. The Morgan fingerprint density at radius 3 is 2.64 bits per heavy atom. The molecule has 0 aliphatic carbocycles. The van der Waals surface area contributed by atoms with Gasteiger partial charge in [0.25, 0.3) is 0 Å². The molecule has 0 spiro atoms. The number of carbonyl (C=O) groups is 1. The molecule has 1 aliphatic heterocycles. The van der Waals surface area contributed by atoms with E-state index in [0.717, 1.165) is 24.3 Å². The first-order chi connectivity index (χ1) is 13.8. The summed E-state index contributed by atoms with van der Waals surface area (Å²) in [5.41, 5.74) is 2.78. The maximum Gasteiger partial charge on any atom is 0.249 e. The lowest BCUT2D eigenvalue weighted by molar-refractivity contribution is -0.116. The number of piperidine rings is 1. The van der Waals surface area contributed by atoms with E-state index in [1.165, 1.54) is 24.9 Å². The number of benzene rings is 1. The first-order valence-corrected chi connectivity index (χ1v) is 9.65. The fourth-order valence-electron chi connectivity index (χ4n) is 3.31. The number of anilines is 2. The fourth-order valence-corrected chi connectivity index (χ4v) is 3.31. The average molecular weight is 377 g/mol. The third-order valence-electron chi connectivity index (χ3n) is 4.81. The van der Waals surface area contributed by atoms with Crippen molar-refractivity contribution in [3.05, 3.63) is 54.7 Å². The molecule has 1 saturated heterocycles. The van der Waals surface area contributed by atoms with Crippen molar-refractivity contribution in [2.45, 2.75) is 32.1 Å². The molecular weight excluding hydrogens is 354 g/mol. The standard InChI is InChI=1S/C21H23N5O2/c27-19(10-11-20-24-25-21(28-20)16-5-4-12-22-15-16)23-17-6-8-18(9-7-17)26-13-2-1-3-14-26/h4-9,12,15H,1-3,10-11,13-14H2,(H,23,27). The Bertz CT molecular complexity index is 902. The molecule has 0 saturated carbocycles. The predicted molar refractivity (Wildman–Crippen MR) is 107 cm³/mol. The van der Waals surface area contributed by atoms with Gasteiger partial charge in [-0.15, -0.1) is 10.2 Å². The van der Waals surface area contributed by atoms with Crippen molar-refractivity contribution in [2.75, 3.05) is 23.3 Å². The number of nitrogens with zero attached hydrogens (tertiary/aromatic N) is 4. The molecule has 144 valence electrons. The number of amides is 1. The van der Waals surface area contributed by atoms with Crippen LogP contribution in [0.4, 0.5) is 11.4 Å². The molecule has 1 amide bonds. The molecule has 28 heavy (non-hydrogen) atoms. The summed E-state index contributed by atoms with van der Waals surface area (Å²) in [6, 6.07) is 11.7. The van der Waals surface area contributed by atoms with E-state index in [4.69, 9.17) is 4.42 Å². The van der Waals surface area contributed by atoms with E-state index >= 15 is 0 Å². The number of aryl methyl sites for hydroxylation is 1. The van der Waals surface area contributed by atoms with Crippen LogP contribution in [0.1, 0.15) is 31.6 Å². The lowest BCUT2D eigenvalue weighted by atomic mass is 10.1. The lowest BCUT2D eigenvalue weighted by Crippen LogP contribution is -2.29. The Labute approximate surface area is 163 Å². The Kier molecular flexibility index (Phi) is 5.61. The highest BCUT2D eigenvalue weighted by Crippen LogP contribution is 2.22. The molecule has 3 aromatic rings. The molecule has 0 unspecified atom stereocenters. The van der Waals surface area contributed by atoms with Gasteiger partial charge >= 0.3 is 0 Å². The van der Waals surface area contributed by atoms with Crippen LogP contribution in [-0.4, -0.2) is 34.2 Å². The number of carbonyl (C=O) groups excluding carboxylic acids is 1. The van der Waals surface area contributed by atoms with Gasteiger partial charge in [-0.2, -0.15) is 0 Å². The van der Waals surface area contributed by atoms with E-state index in [0.29, 0.717) is 18.2 Å². The van der Waals surface area contributed by atoms with E-state index in [1.54, 1.807) is 12.4 Å². The van der Waals surface area contributed by atoms with E-state index < -0.39 is 0 Å². The van der Waals surface area contributed by atoms with E-state index in [-0.39, 0.29) is 12.3 Å². The summed E-state index contributed by atoms with van der Waals surface area (Å²) in [6.45, 7) is 2.22. The molecule has 7 heteroatoms. The fraction of sp³-hybridized carbons (Fsp3) is 0.333. The van der Waals surface area contributed by atoms with Crippen LogP contribution in [0.2, 0.25) is 0 Å². The molecule has 1 N–H and O–H groups in total. The Balaban J connectivity index is 1.28. The van der Waals surface area contributed by atoms with Crippen molar-refractivity contribution < 1.29 is 9.21 Å². The Morgan fingerprint density at radius 1 is 1.07 bits per heavy atom. The van der Waals surface area contributed by atoms with Gasteiger partial charge in [0.2, 0.25) is 17.7 Å². The minimum absolute atomic E-state index is 0.0770. The highest BCUT2D eigenvalue weighted by molar-refractivity contribution is 5.90. The second-order valence-corrected chi connectivity index (χ2v) is 6.89. The molecule has 1 aliphatic rings. The molecule has 0 atom stereocenters. The lowest BCUT2D eigenvalue weighted by Gasteiger charge is -2.28. The topological polar surface area (TPSA) is 84.1 Å². The Morgan fingerprint density at radius 2 is 1.89 bits per heavy atom. The first-order valence-electron chi connectivity index (χ1n) is 9.65. The van der Waals surface area contributed by atoms with Crippen molar-refractivity contribution in [1.82, 2.24) is 15.2 Å². The number of aromatic nitrogens is 3. The SMILES string of the molecule is O=C(CCc1nnc(-c2cccnc2)o1)Nc1ccc(N2CCCCC2)cc1. The molecule has 3 heterocycles. The zero-order valence-corrected chi connectivity index (χ0v) is 15.7. The van der Waals surface area contributed by atoms with Crippen LogP contribution in [0.3, 0.4) is 0 Å². The molecular formula is C21H23N5O2. The van der Waals surface area contributed by atoms with Crippen LogP contribution in [0, 0.1) is 0 Å². The number of nitrogens with one attached hydrogen (secondary N) is 1. The summed E-state index contributed by atoms with van der Waals surface area (Å²) in [5, 5.41) is 10.9. The van der Waals surface area contributed by atoms with Crippen LogP contribution in [0.25, 0.3) is 11.5 Å². The van der Waals surface area contributed by atoms with Crippen LogP contribution >= 0.6 is 0 Å². The monoisotopic (exact) mass is 377 g/mol. The molecule has 0 bridgehead atoms. The van der Waals surface area contributed by atoms with Gasteiger partial charge in [0, 0.05) is 49.7 Å². The van der Waals surface area contributed by atoms with Gasteiger partial charge in [-0.3, -0.25) is 9.78 Å². The Hall–Kier alpha value is -3.22. The zero-order valence-electron chi connectivity index (χ0n) is 15.7. The smallest absolute Gasteiger partial charge is 0.249 e. The third-order valence-corrected chi connectivity index (χ3v) is 4.81. The molecule has 1 fully saturated rings. The number of pyridine rings is 1. The van der Waals surface area contributed by atoms with Crippen LogP contribution < -0.4 is 10.2 Å². The van der Waals surface area contributed by atoms with Crippen molar-refractivity contribution >= 4 is 17.3 Å². The van der Waals surface area contributed by atoms with E-state index in [9.17, 15) is 4.79 Å². The normalized spacial score (nSPS) is 14.1. The second kappa shape index (κ2) is 8.65. The largest absolute Gasteiger partial charge is 0.421 e. The maximum atomic E-state index is 12.2. The van der Waals surface area contributed by atoms with Crippen molar-refractivity contribution in [3.8, 4) is 11.5 Å². The van der Waals surface area contributed by atoms with Gasteiger partial charge in [0.05, 0.1) is 5.56 Å². The number of rotatable bonds is 6.